The number of carbonyl (C=O) groups excluding carboxylic acids is 1. The maximum absolute atomic E-state index is 13.5. The molecular weight excluding hydrogens is 462 g/mol. The van der Waals surface area contributed by atoms with E-state index in [2.05, 4.69) is 15.3 Å². The van der Waals surface area contributed by atoms with E-state index >= 15 is 0 Å². The molecule has 3 heterocycles. The SMILES string of the molecule is O=C(NCc1ccc(Cl)cc1)C1CCN(c2nc3cccnc3n(Cc3ccccc3)c2=O)CC1. The summed E-state index contributed by atoms with van der Waals surface area (Å²) in [7, 11) is 0. The Kier molecular flexibility index (Phi) is 6.77. The molecule has 0 spiro atoms. The molecule has 1 saturated heterocycles. The van der Waals surface area contributed by atoms with Crippen molar-refractivity contribution in [3.8, 4) is 0 Å². The monoisotopic (exact) mass is 487 g/mol. The van der Waals surface area contributed by atoms with Gasteiger partial charge in [0, 0.05) is 36.8 Å². The fourth-order valence-corrected chi connectivity index (χ4v) is 4.60. The van der Waals surface area contributed by atoms with Gasteiger partial charge in [0.25, 0.3) is 5.56 Å². The van der Waals surface area contributed by atoms with Gasteiger partial charge in [-0.3, -0.25) is 14.2 Å². The lowest BCUT2D eigenvalue weighted by molar-refractivity contribution is -0.125. The third kappa shape index (κ3) is 5.20. The lowest BCUT2D eigenvalue weighted by Crippen LogP contribution is -2.43. The Labute approximate surface area is 208 Å². The number of carbonyl (C=O) groups is 1. The lowest BCUT2D eigenvalue weighted by atomic mass is 9.96. The number of pyridine rings is 1. The molecule has 7 nitrogen and oxygen atoms in total. The molecule has 35 heavy (non-hydrogen) atoms. The number of rotatable bonds is 6. The second-order valence-corrected chi connectivity index (χ2v) is 9.20. The van der Waals surface area contributed by atoms with Crippen molar-refractivity contribution in [3.05, 3.63) is 99.4 Å². The molecule has 0 unspecified atom stereocenters. The average molecular weight is 488 g/mol. The van der Waals surface area contributed by atoms with E-state index in [9.17, 15) is 9.59 Å². The first kappa shape index (κ1) is 23.1. The van der Waals surface area contributed by atoms with Gasteiger partial charge in [0.05, 0.1) is 6.54 Å². The Bertz CT molecular complexity index is 1380. The molecule has 1 N–H and O–H groups in total. The number of hydrogen-bond donors (Lipinski definition) is 1. The molecule has 5 rings (SSSR count). The number of nitrogens with zero attached hydrogens (tertiary/aromatic N) is 4. The molecule has 1 amide bonds. The molecule has 0 radical (unpaired) electrons. The third-order valence-corrected chi connectivity index (χ3v) is 6.67. The summed E-state index contributed by atoms with van der Waals surface area (Å²) in [5.74, 6) is 0.366. The van der Waals surface area contributed by atoms with Gasteiger partial charge in [-0.1, -0.05) is 54.1 Å². The van der Waals surface area contributed by atoms with Crippen molar-refractivity contribution < 1.29 is 4.79 Å². The number of benzene rings is 2. The fraction of sp³-hybridized carbons (Fsp3) is 0.259. The Morgan fingerprint density at radius 3 is 2.46 bits per heavy atom. The summed E-state index contributed by atoms with van der Waals surface area (Å²) < 4.78 is 1.69. The number of hydrogen-bond acceptors (Lipinski definition) is 5. The van der Waals surface area contributed by atoms with E-state index < -0.39 is 0 Å². The summed E-state index contributed by atoms with van der Waals surface area (Å²) >= 11 is 5.93. The molecule has 2 aromatic heterocycles. The second-order valence-electron chi connectivity index (χ2n) is 8.76. The van der Waals surface area contributed by atoms with Crippen LogP contribution in [-0.2, 0) is 17.9 Å². The largest absolute Gasteiger partial charge is 0.352 e. The quantitative estimate of drug-likeness (QED) is 0.444. The third-order valence-electron chi connectivity index (χ3n) is 6.41. The summed E-state index contributed by atoms with van der Waals surface area (Å²) in [4.78, 5) is 37.4. The molecule has 4 aromatic rings. The number of aromatic nitrogens is 3. The van der Waals surface area contributed by atoms with Crippen molar-refractivity contribution in [3.63, 3.8) is 0 Å². The molecule has 0 saturated carbocycles. The highest BCUT2D eigenvalue weighted by Crippen LogP contribution is 2.22. The van der Waals surface area contributed by atoms with E-state index in [4.69, 9.17) is 11.6 Å². The smallest absolute Gasteiger partial charge is 0.295 e. The van der Waals surface area contributed by atoms with Crippen LogP contribution >= 0.6 is 11.6 Å². The molecule has 178 valence electrons. The van der Waals surface area contributed by atoms with Gasteiger partial charge in [0.1, 0.15) is 5.52 Å². The molecule has 8 heteroatoms. The topological polar surface area (TPSA) is 80.1 Å². The van der Waals surface area contributed by atoms with Gasteiger partial charge in [-0.25, -0.2) is 9.97 Å². The van der Waals surface area contributed by atoms with Crippen molar-refractivity contribution in [1.82, 2.24) is 19.9 Å². The van der Waals surface area contributed by atoms with Crippen molar-refractivity contribution in [2.75, 3.05) is 18.0 Å². The molecule has 0 bridgehead atoms. The van der Waals surface area contributed by atoms with E-state index in [-0.39, 0.29) is 17.4 Å². The van der Waals surface area contributed by atoms with Crippen molar-refractivity contribution in [1.29, 1.82) is 0 Å². The highest BCUT2D eigenvalue weighted by atomic mass is 35.5. The molecule has 1 aliphatic heterocycles. The van der Waals surface area contributed by atoms with Gasteiger partial charge in [-0.2, -0.15) is 0 Å². The van der Waals surface area contributed by atoms with Crippen LogP contribution in [0.4, 0.5) is 5.82 Å². The molecule has 0 aliphatic carbocycles. The molecule has 2 aromatic carbocycles. The van der Waals surface area contributed by atoms with Crippen LogP contribution in [0.25, 0.3) is 11.2 Å². The Balaban J connectivity index is 1.30. The Hall–Kier alpha value is -3.71. The maximum atomic E-state index is 13.5. The van der Waals surface area contributed by atoms with Crippen molar-refractivity contribution in [2.24, 2.45) is 5.92 Å². The molecule has 0 atom stereocenters. The number of piperidine rings is 1. The van der Waals surface area contributed by atoms with Gasteiger partial charge in [-0.15, -0.1) is 0 Å². The minimum absolute atomic E-state index is 0.0387. The van der Waals surface area contributed by atoms with Crippen LogP contribution in [0.1, 0.15) is 24.0 Å². The first-order valence-electron chi connectivity index (χ1n) is 11.7. The number of anilines is 1. The Morgan fingerprint density at radius 1 is 0.971 bits per heavy atom. The minimum atomic E-state index is -0.161. The van der Waals surface area contributed by atoms with Gasteiger partial charge < -0.3 is 10.2 Å². The summed E-state index contributed by atoms with van der Waals surface area (Å²) in [5.41, 5.74) is 3.12. The molecule has 1 aliphatic rings. The van der Waals surface area contributed by atoms with Gasteiger partial charge >= 0.3 is 0 Å². The van der Waals surface area contributed by atoms with E-state index in [0.29, 0.717) is 61.0 Å². The summed E-state index contributed by atoms with van der Waals surface area (Å²) in [5, 5.41) is 3.70. The Morgan fingerprint density at radius 2 is 1.71 bits per heavy atom. The second kappa shape index (κ2) is 10.3. The predicted octanol–water partition coefficient (Wildman–Crippen LogP) is 4.03. The zero-order chi connectivity index (χ0) is 24.2. The summed E-state index contributed by atoms with van der Waals surface area (Å²) in [6, 6.07) is 21.0. The van der Waals surface area contributed by atoms with Crippen molar-refractivity contribution >= 4 is 34.5 Å². The van der Waals surface area contributed by atoms with E-state index in [1.165, 1.54) is 0 Å². The molecule has 1 fully saturated rings. The lowest BCUT2D eigenvalue weighted by Gasteiger charge is -2.32. The van der Waals surface area contributed by atoms with Crippen LogP contribution in [-0.4, -0.2) is 33.5 Å². The first-order valence-corrected chi connectivity index (χ1v) is 12.1. The number of nitrogens with one attached hydrogen (secondary N) is 1. The predicted molar refractivity (Wildman–Crippen MR) is 138 cm³/mol. The number of halogens is 1. The summed E-state index contributed by atoms with van der Waals surface area (Å²) in [6.07, 6.45) is 3.01. The normalized spacial score (nSPS) is 14.3. The van der Waals surface area contributed by atoms with E-state index in [1.807, 2.05) is 71.6 Å². The zero-order valence-corrected chi connectivity index (χ0v) is 20.0. The average Bonchev–Trinajstić information content (AvgIpc) is 2.90. The van der Waals surface area contributed by atoms with Gasteiger partial charge in [0.15, 0.2) is 11.5 Å². The summed E-state index contributed by atoms with van der Waals surface area (Å²) in [6.45, 7) is 2.09. The van der Waals surface area contributed by atoms with E-state index in [1.54, 1.807) is 10.8 Å². The van der Waals surface area contributed by atoms with Crippen LogP contribution in [0.3, 0.4) is 0 Å². The highest BCUT2D eigenvalue weighted by molar-refractivity contribution is 6.30. The van der Waals surface area contributed by atoms with E-state index in [0.717, 1.165) is 11.1 Å². The van der Waals surface area contributed by atoms with Crippen LogP contribution in [0.15, 0.2) is 77.7 Å². The van der Waals surface area contributed by atoms with Crippen LogP contribution in [0.2, 0.25) is 5.02 Å². The minimum Gasteiger partial charge on any atom is -0.352 e. The van der Waals surface area contributed by atoms with Gasteiger partial charge in [-0.05, 0) is 48.2 Å². The number of amides is 1. The standard InChI is InChI=1S/C27H26ClN5O2/c28-22-10-8-19(9-11-22)17-30-26(34)21-12-15-32(16-13-21)25-27(35)33(18-20-5-2-1-3-6-20)24-23(31-25)7-4-14-29-24/h1-11,14,21H,12-13,15-18H2,(H,30,34). The molecular formula is C27H26ClN5O2. The maximum Gasteiger partial charge on any atom is 0.295 e. The van der Waals surface area contributed by atoms with Crippen LogP contribution in [0, 0.1) is 5.92 Å². The number of fused-ring (bicyclic) bond motifs is 1. The highest BCUT2D eigenvalue weighted by Gasteiger charge is 2.27. The zero-order valence-electron chi connectivity index (χ0n) is 19.2. The van der Waals surface area contributed by atoms with Crippen molar-refractivity contribution in [2.45, 2.75) is 25.9 Å². The fourth-order valence-electron chi connectivity index (χ4n) is 4.47. The first-order chi connectivity index (χ1) is 17.1. The van der Waals surface area contributed by atoms with Crippen LogP contribution < -0.4 is 15.8 Å². The van der Waals surface area contributed by atoms with Gasteiger partial charge in [0.2, 0.25) is 5.91 Å². The van der Waals surface area contributed by atoms with Crippen LogP contribution in [0.5, 0.6) is 0 Å².